The molecular formula is C23H25ClN6O8S2. The lowest BCUT2D eigenvalue weighted by Crippen LogP contribution is -2.41. The van der Waals surface area contributed by atoms with Gasteiger partial charge in [-0.1, -0.05) is 13.8 Å². The van der Waals surface area contributed by atoms with Crippen molar-refractivity contribution in [3.63, 3.8) is 0 Å². The molecule has 214 valence electrons. The molecule has 1 amide bonds. The number of aryl methyl sites for hydroxylation is 1. The number of amides is 1. The molecule has 0 atom stereocenters. The van der Waals surface area contributed by atoms with E-state index in [2.05, 4.69) is 14.7 Å². The molecule has 17 heteroatoms. The molecular weight excluding hydrogens is 588 g/mol. The summed E-state index contributed by atoms with van der Waals surface area (Å²) in [6, 6.07) is 6.45. The van der Waals surface area contributed by atoms with Crippen LogP contribution in [0.3, 0.4) is 0 Å². The summed E-state index contributed by atoms with van der Waals surface area (Å²) in [5.74, 6) is -0.989. The molecule has 3 heterocycles. The molecule has 1 aromatic carbocycles. The van der Waals surface area contributed by atoms with Crippen molar-refractivity contribution in [2.75, 3.05) is 22.5 Å². The Hall–Kier alpha value is -3.89. The minimum atomic E-state index is -4.64. The van der Waals surface area contributed by atoms with Crippen molar-refractivity contribution in [3.8, 4) is 5.75 Å². The van der Waals surface area contributed by atoms with Gasteiger partial charge in [0.1, 0.15) is 21.9 Å². The lowest BCUT2D eigenvalue weighted by atomic mass is 10.1. The first-order valence-electron chi connectivity index (χ1n) is 11.8. The van der Waals surface area contributed by atoms with Crippen LogP contribution in [0.4, 0.5) is 16.2 Å². The average molecular weight is 613 g/mol. The minimum Gasteiger partial charge on any atom is -0.506 e. The summed E-state index contributed by atoms with van der Waals surface area (Å²) in [5, 5.41) is 23.2. The van der Waals surface area contributed by atoms with E-state index in [0.29, 0.717) is 6.42 Å². The van der Waals surface area contributed by atoms with E-state index in [1.165, 1.54) is 22.9 Å². The number of pyridine rings is 2. The Morgan fingerprint density at radius 1 is 1.27 bits per heavy atom. The van der Waals surface area contributed by atoms with Gasteiger partial charge < -0.3 is 15.5 Å². The predicted octanol–water partition coefficient (Wildman–Crippen LogP) is 2.58. The highest BCUT2D eigenvalue weighted by Crippen LogP contribution is 2.34. The van der Waals surface area contributed by atoms with Gasteiger partial charge in [0.15, 0.2) is 5.84 Å². The highest BCUT2D eigenvalue weighted by atomic mass is 35.5. The van der Waals surface area contributed by atoms with Crippen LogP contribution < -0.4 is 15.6 Å². The number of alkyl halides is 1. The summed E-state index contributed by atoms with van der Waals surface area (Å²) in [7, 11) is -9.16. The van der Waals surface area contributed by atoms with Gasteiger partial charge in [0.05, 0.1) is 23.3 Å². The molecule has 4 N–H and O–H groups in total. The summed E-state index contributed by atoms with van der Waals surface area (Å²) in [6.45, 7) is 3.67. The van der Waals surface area contributed by atoms with Gasteiger partial charge >= 0.3 is 16.3 Å². The van der Waals surface area contributed by atoms with Crippen molar-refractivity contribution in [2.24, 2.45) is 10.3 Å². The Bertz CT molecular complexity index is 1810. The molecule has 1 aliphatic heterocycles. The van der Waals surface area contributed by atoms with E-state index in [1.807, 2.05) is 18.6 Å². The average Bonchev–Trinajstić information content (AvgIpc) is 2.86. The number of aromatic hydroxyl groups is 1. The SMILES string of the molecule is CC(C)CCn1c(=O)c(C2=NS(=O)(=O)c3cc(NS(=O)(=O)N(CCCl)C(=O)O)ccc3N2)c(O)c2cccnc21. The summed E-state index contributed by atoms with van der Waals surface area (Å²) >= 11 is 5.50. The third-order valence-corrected chi connectivity index (χ3v) is 8.82. The Morgan fingerprint density at radius 3 is 2.65 bits per heavy atom. The lowest BCUT2D eigenvalue weighted by molar-refractivity contribution is 0.174. The van der Waals surface area contributed by atoms with Crippen LogP contribution >= 0.6 is 11.6 Å². The Labute approximate surface area is 234 Å². The third-order valence-electron chi connectivity index (χ3n) is 5.92. The molecule has 2 aromatic heterocycles. The van der Waals surface area contributed by atoms with Crippen molar-refractivity contribution in [3.05, 3.63) is 52.4 Å². The number of aromatic nitrogens is 2. The van der Waals surface area contributed by atoms with Gasteiger partial charge in [-0.05, 0) is 42.7 Å². The number of fused-ring (bicyclic) bond motifs is 2. The number of halogens is 1. The van der Waals surface area contributed by atoms with E-state index < -0.39 is 54.9 Å². The number of anilines is 2. The third kappa shape index (κ3) is 5.55. The van der Waals surface area contributed by atoms with Gasteiger partial charge in [-0.2, -0.15) is 21.1 Å². The Morgan fingerprint density at radius 2 is 2.00 bits per heavy atom. The van der Waals surface area contributed by atoms with Crippen LogP contribution in [-0.4, -0.2) is 65.3 Å². The minimum absolute atomic E-state index is 0.0531. The zero-order valence-corrected chi connectivity index (χ0v) is 23.6. The van der Waals surface area contributed by atoms with E-state index >= 15 is 0 Å². The van der Waals surface area contributed by atoms with Crippen molar-refractivity contribution < 1.29 is 31.8 Å². The fourth-order valence-corrected chi connectivity index (χ4v) is 6.49. The van der Waals surface area contributed by atoms with Gasteiger partial charge in [-0.3, -0.25) is 14.1 Å². The second-order valence-corrected chi connectivity index (χ2v) is 12.7. The van der Waals surface area contributed by atoms with Crippen LogP contribution in [0, 0.1) is 5.92 Å². The first-order valence-corrected chi connectivity index (χ1v) is 15.2. The van der Waals surface area contributed by atoms with Gasteiger partial charge in [0, 0.05) is 18.6 Å². The summed E-state index contributed by atoms with van der Waals surface area (Å²) in [5.41, 5.74) is -1.16. The Balaban J connectivity index is 1.78. The topological polar surface area (TPSA) is 200 Å². The van der Waals surface area contributed by atoms with Crippen LogP contribution in [0.5, 0.6) is 5.75 Å². The number of nitrogens with one attached hydrogen (secondary N) is 2. The van der Waals surface area contributed by atoms with E-state index in [1.54, 1.807) is 12.1 Å². The van der Waals surface area contributed by atoms with Gasteiger partial charge in [0.2, 0.25) is 0 Å². The molecule has 0 saturated carbocycles. The fourth-order valence-electron chi connectivity index (χ4n) is 4.00. The predicted molar refractivity (Wildman–Crippen MR) is 149 cm³/mol. The highest BCUT2D eigenvalue weighted by Gasteiger charge is 2.32. The second-order valence-electron chi connectivity index (χ2n) is 9.14. The molecule has 1 aliphatic rings. The molecule has 4 rings (SSSR count). The zero-order chi connectivity index (χ0) is 29.4. The summed E-state index contributed by atoms with van der Waals surface area (Å²) in [4.78, 5) is 28.7. The largest absolute Gasteiger partial charge is 0.506 e. The number of carboxylic acid groups (broad SMARTS) is 1. The Kier molecular flexibility index (Phi) is 7.96. The number of amidine groups is 1. The van der Waals surface area contributed by atoms with Crippen molar-refractivity contribution in [2.45, 2.75) is 31.7 Å². The van der Waals surface area contributed by atoms with Crippen LogP contribution in [0.1, 0.15) is 25.8 Å². The monoisotopic (exact) mass is 612 g/mol. The van der Waals surface area contributed by atoms with Crippen molar-refractivity contribution in [1.29, 1.82) is 0 Å². The van der Waals surface area contributed by atoms with Crippen LogP contribution in [-0.2, 0) is 26.8 Å². The normalized spacial score (nSPS) is 14.3. The number of rotatable bonds is 9. The molecule has 0 fully saturated rings. The number of hydrogen-bond acceptors (Lipinski definition) is 9. The molecule has 0 radical (unpaired) electrons. The fraction of sp³-hybridized carbons (Fsp3) is 0.304. The molecule has 0 saturated heterocycles. The standard InChI is InChI=1S/C23H25ClN6O8S2/c1-13(2)7-10-29-21-15(4-3-9-25-21)19(31)18(22(29)32)20-26-16-6-5-14(12-17(16)39(35,36)28-20)27-40(37,38)30(11-8-24)23(33)34/h3-6,9,12-13,27,31H,7-8,10-11H2,1-2H3,(H,26,28)(H,33,34). The highest BCUT2D eigenvalue weighted by molar-refractivity contribution is 7.91. The van der Waals surface area contributed by atoms with E-state index in [0.717, 1.165) is 6.07 Å². The summed E-state index contributed by atoms with van der Waals surface area (Å²) in [6.07, 6.45) is 0.305. The molecule has 0 spiro atoms. The van der Waals surface area contributed by atoms with E-state index in [4.69, 9.17) is 11.6 Å². The first kappa shape index (κ1) is 29.1. The number of nitrogens with zero attached hydrogens (tertiary/aromatic N) is 4. The number of benzene rings is 1. The summed E-state index contributed by atoms with van der Waals surface area (Å²) < 4.78 is 58.5. The van der Waals surface area contributed by atoms with Gasteiger partial charge in [-0.25, -0.2) is 9.78 Å². The molecule has 0 aliphatic carbocycles. The molecule has 3 aromatic rings. The molecule has 40 heavy (non-hydrogen) atoms. The smallest absolute Gasteiger partial charge is 0.422 e. The number of sulfonamides is 1. The van der Waals surface area contributed by atoms with Gasteiger partial charge in [0.25, 0.3) is 15.6 Å². The second kappa shape index (κ2) is 10.9. The lowest BCUT2D eigenvalue weighted by Gasteiger charge is -2.22. The number of hydrogen-bond donors (Lipinski definition) is 4. The zero-order valence-electron chi connectivity index (χ0n) is 21.2. The quantitative estimate of drug-likeness (QED) is 0.260. The van der Waals surface area contributed by atoms with Crippen LogP contribution in [0.2, 0.25) is 0 Å². The van der Waals surface area contributed by atoms with Crippen molar-refractivity contribution >= 4 is 66.2 Å². The van der Waals surface area contributed by atoms with E-state index in [9.17, 15) is 36.6 Å². The maximum absolute atomic E-state index is 13.5. The molecule has 0 unspecified atom stereocenters. The van der Waals surface area contributed by atoms with Crippen LogP contribution in [0.25, 0.3) is 11.0 Å². The van der Waals surface area contributed by atoms with Crippen molar-refractivity contribution in [1.82, 2.24) is 13.9 Å². The maximum Gasteiger partial charge on any atom is 0.422 e. The first-order chi connectivity index (χ1) is 18.8. The van der Waals surface area contributed by atoms with Crippen LogP contribution in [0.15, 0.2) is 50.6 Å². The molecule has 0 bridgehead atoms. The van der Waals surface area contributed by atoms with E-state index in [-0.39, 0.29) is 50.6 Å². The van der Waals surface area contributed by atoms with Gasteiger partial charge in [-0.15, -0.1) is 16.0 Å². The number of carbonyl (C=O) groups is 1. The molecule has 14 nitrogen and oxygen atoms in total. The maximum atomic E-state index is 13.5.